The smallest absolute Gasteiger partial charge is 0.436 e. The lowest BCUT2D eigenvalue weighted by Crippen LogP contribution is -2.24. The average Bonchev–Trinajstić information content (AvgIpc) is 2.87. The molecule has 0 spiro atoms. The first kappa shape index (κ1) is 19.2. The summed E-state index contributed by atoms with van der Waals surface area (Å²) >= 11 is 1.24. The van der Waals surface area contributed by atoms with Gasteiger partial charge in [0.2, 0.25) is 4.80 Å². The fourth-order valence-electron chi connectivity index (χ4n) is 2.01. The molecule has 4 nitrogen and oxygen atoms in total. The van der Waals surface area contributed by atoms with E-state index in [4.69, 9.17) is 4.74 Å². The lowest BCUT2D eigenvalue weighted by Gasteiger charge is -2.17. The predicted octanol–water partition coefficient (Wildman–Crippen LogP) is 4.96. The lowest BCUT2D eigenvalue weighted by molar-refractivity contribution is -0.137. The zero-order valence-electron chi connectivity index (χ0n) is 14.3. The number of carbonyl (C=O) groups is 1. The van der Waals surface area contributed by atoms with Crippen LogP contribution in [0.1, 0.15) is 38.1 Å². The maximum atomic E-state index is 12.9. The quantitative estimate of drug-likeness (QED) is 0.748. The van der Waals surface area contributed by atoms with Crippen molar-refractivity contribution in [2.45, 2.75) is 45.9 Å². The van der Waals surface area contributed by atoms with Crippen molar-refractivity contribution in [1.82, 2.24) is 4.57 Å². The van der Waals surface area contributed by atoms with Gasteiger partial charge in [-0.05, 0) is 45.4 Å². The topological polar surface area (TPSA) is 43.6 Å². The van der Waals surface area contributed by atoms with E-state index >= 15 is 0 Å². The fourth-order valence-corrected chi connectivity index (χ4v) is 2.93. The van der Waals surface area contributed by atoms with Crippen LogP contribution >= 0.6 is 11.3 Å². The Morgan fingerprint density at radius 2 is 1.96 bits per heavy atom. The van der Waals surface area contributed by atoms with Gasteiger partial charge in [0, 0.05) is 16.8 Å². The van der Waals surface area contributed by atoms with Gasteiger partial charge in [0.15, 0.2) is 0 Å². The molecule has 2 rings (SSSR count). The van der Waals surface area contributed by atoms with Crippen LogP contribution in [0.3, 0.4) is 0 Å². The molecule has 0 N–H and O–H groups in total. The maximum absolute atomic E-state index is 12.9. The number of rotatable bonds is 2. The van der Waals surface area contributed by atoms with Gasteiger partial charge in [-0.15, -0.1) is 16.3 Å². The highest BCUT2D eigenvalue weighted by Gasteiger charge is 2.30. The lowest BCUT2D eigenvalue weighted by atomic mass is 10.2. The molecule has 136 valence electrons. The van der Waals surface area contributed by atoms with Crippen molar-refractivity contribution in [2.75, 3.05) is 0 Å². The van der Waals surface area contributed by atoms with E-state index in [1.54, 1.807) is 27.0 Å². The summed E-state index contributed by atoms with van der Waals surface area (Å²) in [6, 6.07) is 4.89. The normalized spacial score (nSPS) is 13.2. The number of ether oxygens (including phenoxy) is 1. The Hall–Kier alpha value is -2.09. The molecule has 2 aromatic rings. The van der Waals surface area contributed by atoms with Gasteiger partial charge in [-0.25, -0.2) is 4.79 Å². The highest BCUT2D eigenvalue weighted by atomic mass is 32.1. The summed E-state index contributed by atoms with van der Waals surface area (Å²) in [6.07, 6.45) is -2.86. The number of benzene rings is 1. The molecule has 0 bridgehead atoms. The molecule has 0 atom stereocenters. The first-order valence-electron chi connectivity index (χ1n) is 7.66. The summed E-state index contributed by atoms with van der Waals surface area (Å²) in [7, 11) is 0. The Morgan fingerprint density at radius 3 is 2.52 bits per heavy atom. The summed E-state index contributed by atoms with van der Waals surface area (Å²) < 4.78 is 45.5. The first-order chi connectivity index (χ1) is 11.5. The van der Waals surface area contributed by atoms with Gasteiger partial charge < -0.3 is 4.74 Å². The first-order valence-corrected chi connectivity index (χ1v) is 8.48. The van der Waals surface area contributed by atoms with E-state index in [1.165, 1.54) is 28.0 Å². The molecule has 0 radical (unpaired) electrons. The largest absolute Gasteiger partial charge is 0.442 e. The summed E-state index contributed by atoms with van der Waals surface area (Å²) in [5, 5.41) is 0. The molecule has 1 heterocycles. The van der Waals surface area contributed by atoms with E-state index in [0.29, 0.717) is 6.42 Å². The molecule has 0 aliphatic rings. The van der Waals surface area contributed by atoms with Gasteiger partial charge in [-0.1, -0.05) is 13.0 Å². The summed E-state index contributed by atoms with van der Waals surface area (Å²) in [6.45, 7) is 7.06. The van der Waals surface area contributed by atoms with Gasteiger partial charge >= 0.3 is 12.3 Å². The van der Waals surface area contributed by atoms with E-state index in [2.05, 4.69) is 4.99 Å². The molecule has 0 aliphatic heterocycles. The molecule has 0 aliphatic carbocycles. The standard InChI is InChI=1S/C17H19F3N2O2S/c1-5-13-10-22(12-8-6-7-11(9-12)17(18,19)20)14(25-13)21-15(23)24-16(2,3)4/h6-10H,5H2,1-4H3. The number of aryl methyl sites for hydroxylation is 1. The van der Waals surface area contributed by atoms with Crippen molar-refractivity contribution in [1.29, 1.82) is 0 Å². The molecular weight excluding hydrogens is 353 g/mol. The Bertz CT molecular complexity index is 829. The minimum absolute atomic E-state index is 0.269. The highest BCUT2D eigenvalue weighted by molar-refractivity contribution is 7.09. The Morgan fingerprint density at radius 1 is 1.28 bits per heavy atom. The Kier molecular flexibility index (Phi) is 5.41. The van der Waals surface area contributed by atoms with Crippen LogP contribution in [0.15, 0.2) is 35.5 Å². The molecule has 1 aromatic heterocycles. The van der Waals surface area contributed by atoms with Crippen molar-refractivity contribution >= 4 is 17.4 Å². The van der Waals surface area contributed by atoms with Gasteiger partial charge in [-0.2, -0.15) is 13.2 Å². The maximum Gasteiger partial charge on any atom is 0.436 e. The zero-order chi connectivity index (χ0) is 18.8. The highest BCUT2D eigenvalue weighted by Crippen LogP contribution is 2.30. The van der Waals surface area contributed by atoms with Crippen molar-refractivity contribution < 1.29 is 22.7 Å². The number of carbonyl (C=O) groups excluding carboxylic acids is 1. The van der Waals surface area contributed by atoms with E-state index < -0.39 is 23.4 Å². The van der Waals surface area contributed by atoms with E-state index in [9.17, 15) is 18.0 Å². The number of amides is 1. The third-order valence-corrected chi connectivity index (χ3v) is 4.21. The van der Waals surface area contributed by atoms with E-state index in [0.717, 1.165) is 17.0 Å². The second kappa shape index (κ2) is 7.03. The van der Waals surface area contributed by atoms with Crippen LogP contribution in [0.4, 0.5) is 18.0 Å². The van der Waals surface area contributed by atoms with E-state index in [1.807, 2.05) is 6.92 Å². The van der Waals surface area contributed by atoms with Gasteiger partial charge in [-0.3, -0.25) is 4.57 Å². The average molecular weight is 372 g/mol. The molecule has 0 saturated carbocycles. The van der Waals surface area contributed by atoms with Crippen LogP contribution < -0.4 is 4.80 Å². The molecule has 25 heavy (non-hydrogen) atoms. The van der Waals surface area contributed by atoms with Crippen LogP contribution in [0.2, 0.25) is 0 Å². The monoisotopic (exact) mass is 372 g/mol. The van der Waals surface area contributed by atoms with Crippen molar-refractivity contribution in [3.05, 3.63) is 45.7 Å². The fraction of sp³-hybridized carbons (Fsp3) is 0.412. The summed E-state index contributed by atoms with van der Waals surface area (Å²) in [5.41, 5.74) is -1.18. The number of nitrogens with zero attached hydrogens (tertiary/aromatic N) is 2. The Balaban J connectivity index is 2.52. The minimum atomic E-state index is -4.44. The third-order valence-electron chi connectivity index (χ3n) is 3.08. The summed E-state index contributed by atoms with van der Waals surface area (Å²) in [5.74, 6) is 0. The van der Waals surface area contributed by atoms with Crippen LogP contribution in [0.5, 0.6) is 0 Å². The molecule has 8 heteroatoms. The van der Waals surface area contributed by atoms with Gasteiger partial charge in [0.05, 0.1) is 5.56 Å². The van der Waals surface area contributed by atoms with Crippen LogP contribution in [-0.4, -0.2) is 16.3 Å². The third kappa shape index (κ3) is 5.19. The number of thiazole rings is 1. The van der Waals surface area contributed by atoms with Gasteiger partial charge in [0.25, 0.3) is 0 Å². The predicted molar refractivity (Wildman–Crippen MR) is 89.8 cm³/mol. The van der Waals surface area contributed by atoms with Crippen molar-refractivity contribution in [3.8, 4) is 5.69 Å². The molecule has 0 fully saturated rings. The number of hydrogen-bond acceptors (Lipinski definition) is 3. The minimum Gasteiger partial charge on any atom is -0.442 e. The number of halogens is 3. The zero-order valence-corrected chi connectivity index (χ0v) is 15.2. The number of aromatic nitrogens is 1. The van der Waals surface area contributed by atoms with Crippen molar-refractivity contribution in [3.63, 3.8) is 0 Å². The number of alkyl halides is 3. The van der Waals surface area contributed by atoms with Crippen molar-refractivity contribution in [2.24, 2.45) is 4.99 Å². The second-order valence-electron chi connectivity index (χ2n) is 6.34. The molecule has 0 unspecified atom stereocenters. The molecule has 1 aromatic carbocycles. The second-order valence-corrected chi connectivity index (χ2v) is 7.44. The summed E-state index contributed by atoms with van der Waals surface area (Å²) in [4.78, 5) is 17.0. The molecule has 1 amide bonds. The molecule has 0 saturated heterocycles. The number of hydrogen-bond donors (Lipinski definition) is 0. The van der Waals surface area contributed by atoms with Crippen LogP contribution in [0, 0.1) is 0 Å². The van der Waals surface area contributed by atoms with E-state index in [-0.39, 0.29) is 10.5 Å². The SMILES string of the molecule is CCc1cn(-c2cccc(C(F)(F)F)c2)c(=NC(=O)OC(C)(C)C)s1. The Labute approximate surface area is 147 Å². The molecular formula is C17H19F3N2O2S. The van der Waals surface area contributed by atoms with Gasteiger partial charge in [0.1, 0.15) is 5.60 Å². The van der Waals surface area contributed by atoms with Crippen LogP contribution in [-0.2, 0) is 17.3 Å². The van der Waals surface area contributed by atoms with Crippen LogP contribution in [0.25, 0.3) is 5.69 Å².